The Bertz CT molecular complexity index is 659. The van der Waals surface area contributed by atoms with Crippen LogP contribution in [0.3, 0.4) is 0 Å². The highest BCUT2D eigenvalue weighted by Gasteiger charge is 2.62. The molecule has 1 aromatic rings. The predicted octanol–water partition coefficient (Wildman–Crippen LogP) is 1.99. The Hall–Kier alpha value is -1.36. The van der Waals surface area contributed by atoms with Gasteiger partial charge in [-0.2, -0.15) is 0 Å². The third kappa shape index (κ3) is 1.91. The molecule has 5 unspecified atom stereocenters. The van der Waals surface area contributed by atoms with Gasteiger partial charge in [0.1, 0.15) is 0 Å². The molecular weight excluding hydrogens is 300 g/mol. The fraction of sp³-hybridized carbons (Fsp3) is 0.600. The molecule has 4 nitrogen and oxygen atoms in total. The molecule has 1 aliphatic carbocycles. The van der Waals surface area contributed by atoms with Crippen LogP contribution in [0.1, 0.15) is 25.3 Å². The van der Waals surface area contributed by atoms with E-state index in [1.165, 1.54) is 16.8 Å². The van der Waals surface area contributed by atoms with Crippen molar-refractivity contribution in [1.29, 1.82) is 0 Å². The Kier molecular flexibility index (Phi) is 3.94. The van der Waals surface area contributed by atoms with E-state index >= 15 is 0 Å². The van der Waals surface area contributed by atoms with Crippen LogP contribution in [0.5, 0.6) is 0 Å². The largest absolute Gasteiger partial charge is 0.396 e. The van der Waals surface area contributed by atoms with Crippen molar-refractivity contribution in [2.45, 2.75) is 37.3 Å². The number of anilines is 1. The zero-order chi connectivity index (χ0) is 16.9. The zero-order valence-corrected chi connectivity index (χ0v) is 14.6. The molecule has 3 N–H and O–H groups in total. The molecule has 1 saturated carbocycles. The van der Waals surface area contributed by atoms with Crippen molar-refractivity contribution in [3.05, 3.63) is 41.5 Å². The summed E-state index contributed by atoms with van der Waals surface area (Å²) in [6.45, 7) is 3.53. The third-order valence-corrected chi connectivity index (χ3v) is 6.77. The lowest BCUT2D eigenvalue weighted by molar-refractivity contribution is 0.00373. The smallest absolute Gasteiger partial charge is 0.0484 e. The van der Waals surface area contributed by atoms with Gasteiger partial charge in [0.05, 0.1) is 0 Å². The van der Waals surface area contributed by atoms with E-state index in [4.69, 9.17) is 0 Å². The number of benzene rings is 1. The van der Waals surface area contributed by atoms with Crippen LogP contribution in [0.4, 0.5) is 5.69 Å². The predicted molar refractivity (Wildman–Crippen MR) is 96.1 cm³/mol. The van der Waals surface area contributed by atoms with Crippen molar-refractivity contribution >= 4 is 5.69 Å². The van der Waals surface area contributed by atoms with Crippen LogP contribution in [0.2, 0.25) is 0 Å². The first kappa shape index (κ1) is 16.1. The standard InChI is InChI=1S/C20H28N2O2/c1-3-13-14-8-10-22(2)19(13)20(9-11-23)16-6-4-5-7-17(16)21-18(20)15(14)12-24/h3-7,14-15,18-19,21,23-24H,8-12H2,1-2H3. The number of nitrogens with one attached hydrogen (secondary N) is 1. The monoisotopic (exact) mass is 328 g/mol. The molecule has 0 aromatic heterocycles. The molecule has 2 fully saturated rings. The molecule has 0 amide bonds. The van der Waals surface area contributed by atoms with Crippen molar-refractivity contribution in [3.63, 3.8) is 0 Å². The van der Waals surface area contributed by atoms with E-state index in [0.717, 1.165) is 19.4 Å². The molecule has 4 rings (SSSR count). The molecule has 130 valence electrons. The Balaban J connectivity index is 1.97. The van der Waals surface area contributed by atoms with Crippen molar-refractivity contribution in [2.24, 2.45) is 11.8 Å². The number of hydrogen-bond acceptors (Lipinski definition) is 4. The maximum atomic E-state index is 10.2. The van der Waals surface area contributed by atoms with Crippen LogP contribution in [-0.2, 0) is 5.41 Å². The summed E-state index contributed by atoms with van der Waals surface area (Å²) in [7, 11) is 2.21. The minimum atomic E-state index is -0.174. The van der Waals surface area contributed by atoms with Gasteiger partial charge in [0.2, 0.25) is 0 Å². The quantitative estimate of drug-likeness (QED) is 0.743. The molecule has 2 heterocycles. The first-order valence-electron chi connectivity index (χ1n) is 9.13. The molecule has 0 radical (unpaired) electrons. The van der Waals surface area contributed by atoms with Crippen LogP contribution >= 0.6 is 0 Å². The Labute approximate surface area is 144 Å². The van der Waals surface area contributed by atoms with Gasteiger partial charge in [0.15, 0.2) is 0 Å². The van der Waals surface area contributed by atoms with Crippen LogP contribution in [-0.4, -0.2) is 54.0 Å². The van der Waals surface area contributed by atoms with Gasteiger partial charge in [-0.3, -0.25) is 4.90 Å². The number of nitrogens with zero attached hydrogens (tertiary/aromatic N) is 1. The highest BCUT2D eigenvalue weighted by Crippen LogP contribution is 2.58. The first-order chi connectivity index (χ1) is 11.7. The number of allylic oxidation sites excluding steroid dienone is 1. The van der Waals surface area contributed by atoms with Crippen molar-refractivity contribution in [3.8, 4) is 0 Å². The molecular formula is C20H28N2O2. The number of para-hydroxylation sites is 1. The van der Waals surface area contributed by atoms with Crippen LogP contribution < -0.4 is 5.32 Å². The summed E-state index contributed by atoms with van der Waals surface area (Å²) in [5, 5.41) is 23.9. The maximum Gasteiger partial charge on any atom is 0.0484 e. The second kappa shape index (κ2) is 5.87. The summed E-state index contributed by atoms with van der Waals surface area (Å²) in [5.74, 6) is 0.625. The first-order valence-corrected chi connectivity index (χ1v) is 9.13. The van der Waals surface area contributed by atoms with Crippen molar-refractivity contribution in [2.75, 3.05) is 32.1 Å². The summed E-state index contributed by atoms with van der Waals surface area (Å²) in [6.07, 6.45) is 4.09. The summed E-state index contributed by atoms with van der Waals surface area (Å²) >= 11 is 0. The molecule has 2 aliphatic heterocycles. The van der Waals surface area contributed by atoms with Gasteiger partial charge in [-0.25, -0.2) is 0 Å². The van der Waals surface area contributed by atoms with Gasteiger partial charge >= 0.3 is 0 Å². The number of fused-ring (bicyclic) bond motifs is 6. The van der Waals surface area contributed by atoms with E-state index < -0.39 is 0 Å². The lowest BCUT2D eigenvalue weighted by atomic mass is 9.52. The van der Waals surface area contributed by atoms with Gasteiger partial charge in [-0.15, -0.1) is 0 Å². The topological polar surface area (TPSA) is 55.7 Å². The minimum Gasteiger partial charge on any atom is -0.396 e. The number of aliphatic hydroxyl groups is 2. The second-order valence-corrected chi connectivity index (χ2v) is 7.59. The van der Waals surface area contributed by atoms with E-state index in [0.29, 0.717) is 5.92 Å². The Morgan fingerprint density at radius 1 is 1.33 bits per heavy atom. The Morgan fingerprint density at radius 2 is 2.12 bits per heavy atom. The van der Waals surface area contributed by atoms with E-state index in [1.54, 1.807) is 0 Å². The Morgan fingerprint density at radius 3 is 2.83 bits per heavy atom. The third-order valence-electron chi connectivity index (χ3n) is 6.77. The molecule has 4 heteroatoms. The molecule has 0 spiro atoms. The number of likely N-dealkylation sites (tertiary alicyclic amines) is 1. The molecule has 3 aliphatic rings. The number of hydrogen-bond donors (Lipinski definition) is 3. The van der Waals surface area contributed by atoms with Gasteiger partial charge in [0, 0.05) is 42.3 Å². The summed E-state index contributed by atoms with van der Waals surface area (Å²) < 4.78 is 0. The van der Waals surface area contributed by atoms with E-state index in [-0.39, 0.29) is 36.6 Å². The van der Waals surface area contributed by atoms with E-state index in [1.807, 2.05) is 0 Å². The maximum absolute atomic E-state index is 10.2. The summed E-state index contributed by atoms with van der Waals surface area (Å²) in [4.78, 5) is 2.46. The van der Waals surface area contributed by atoms with E-state index in [2.05, 4.69) is 54.5 Å². The van der Waals surface area contributed by atoms with Gasteiger partial charge in [-0.05, 0) is 50.9 Å². The van der Waals surface area contributed by atoms with Crippen LogP contribution in [0, 0.1) is 11.8 Å². The molecule has 24 heavy (non-hydrogen) atoms. The zero-order valence-electron chi connectivity index (χ0n) is 14.6. The van der Waals surface area contributed by atoms with Crippen LogP contribution in [0.25, 0.3) is 0 Å². The van der Waals surface area contributed by atoms with Crippen molar-refractivity contribution < 1.29 is 10.2 Å². The van der Waals surface area contributed by atoms with Gasteiger partial charge < -0.3 is 15.5 Å². The van der Waals surface area contributed by atoms with Crippen molar-refractivity contribution in [1.82, 2.24) is 4.90 Å². The van der Waals surface area contributed by atoms with Gasteiger partial charge in [-0.1, -0.05) is 29.8 Å². The van der Waals surface area contributed by atoms with Gasteiger partial charge in [0.25, 0.3) is 0 Å². The molecule has 1 aromatic carbocycles. The normalized spacial score (nSPS) is 39.4. The lowest BCUT2D eigenvalue weighted by Crippen LogP contribution is -2.67. The fourth-order valence-corrected chi connectivity index (χ4v) is 5.98. The second-order valence-electron chi connectivity index (χ2n) is 7.59. The number of aliphatic hydroxyl groups excluding tert-OH is 2. The highest BCUT2D eigenvalue weighted by molar-refractivity contribution is 5.65. The average molecular weight is 328 g/mol. The highest BCUT2D eigenvalue weighted by atomic mass is 16.3. The minimum absolute atomic E-state index is 0.163. The lowest BCUT2D eigenvalue weighted by Gasteiger charge is -2.59. The molecule has 2 bridgehead atoms. The molecule has 1 saturated heterocycles. The SMILES string of the molecule is CC=C1C2CCN(C)C1C1(CCO)c3ccccc3NC1C2CO. The number of likely N-dealkylation sites (N-methyl/N-ethyl adjacent to an activating group) is 1. The van der Waals surface area contributed by atoms with Crippen LogP contribution in [0.15, 0.2) is 35.9 Å². The average Bonchev–Trinajstić information content (AvgIpc) is 2.92. The fourth-order valence-electron chi connectivity index (χ4n) is 5.98. The number of rotatable bonds is 3. The van der Waals surface area contributed by atoms with E-state index in [9.17, 15) is 10.2 Å². The molecule has 5 atom stereocenters. The summed E-state index contributed by atoms with van der Waals surface area (Å²) in [5.41, 5.74) is 3.75. The number of piperidine rings is 1. The summed E-state index contributed by atoms with van der Waals surface area (Å²) in [6, 6.07) is 8.98.